The third kappa shape index (κ3) is 3.54. The molecule has 1 aromatic heterocycles. The Morgan fingerprint density at radius 2 is 2.00 bits per heavy atom. The first-order valence-corrected chi connectivity index (χ1v) is 9.30. The summed E-state index contributed by atoms with van der Waals surface area (Å²) in [6.07, 6.45) is 3.31. The van der Waals surface area contributed by atoms with Crippen molar-refractivity contribution in [2.45, 2.75) is 38.8 Å². The number of hydrogen-bond acceptors (Lipinski definition) is 4. The van der Waals surface area contributed by atoms with Gasteiger partial charge < -0.3 is 14.7 Å². The maximum absolute atomic E-state index is 12.4. The van der Waals surface area contributed by atoms with E-state index in [1.54, 1.807) is 12.0 Å². The lowest BCUT2D eigenvalue weighted by atomic mass is 10.0. The van der Waals surface area contributed by atoms with Crippen molar-refractivity contribution >= 4 is 11.9 Å². The third-order valence-electron chi connectivity index (χ3n) is 5.35. The number of carbonyl (C=O) groups is 2. The van der Waals surface area contributed by atoms with Crippen LogP contribution in [0.25, 0.3) is 0 Å². The van der Waals surface area contributed by atoms with Gasteiger partial charge in [0.25, 0.3) is 0 Å². The van der Waals surface area contributed by atoms with Crippen LogP contribution in [-0.4, -0.2) is 45.3 Å². The number of rotatable bonds is 6. The summed E-state index contributed by atoms with van der Waals surface area (Å²) in [5.74, 6) is 0.0758. The Morgan fingerprint density at radius 3 is 2.63 bits per heavy atom. The predicted octanol–water partition coefficient (Wildman–Crippen LogP) is 2.13. The Bertz CT molecular complexity index is 868. The fourth-order valence-corrected chi connectivity index (χ4v) is 3.65. The Labute approximate surface area is 157 Å². The molecule has 0 atom stereocenters. The van der Waals surface area contributed by atoms with Crippen molar-refractivity contribution in [3.63, 3.8) is 0 Å². The van der Waals surface area contributed by atoms with E-state index in [0.717, 1.165) is 36.3 Å². The summed E-state index contributed by atoms with van der Waals surface area (Å²) in [5, 5.41) is 13.9. The smallest absolute Gasteiger partial charge is 0.356 e. The minimum atomic E-state index is -1.03. The number of aryl methyl sites for hydroxylation is 2. The number of carboxylic acids is 1. The van der Waals surface area contributed by atoms with Crippen molar-refractivity contribution in [1.29, 1.82) is 0 Å². The van der Waals surface area contributed by atoms with Crippen molar-refractivity contribution < 1.29 is 19.4 Å². The van der Waals surface area contributed by atoms with E-state index in [0.29, 0.717) is 31.6 Å². The molecule has 27 heavy (non-hydrogen) atoms. The molecule has 1 aromatic carbocycles. The number of carbonyl (C=O) groups excluding carboxylic acids is 1. The first-order valence-electron chi connectivity index (χ1n) is 9.30. The first kappa shape index (κ1) is 17.6. The van der Waals surface area contributed by atoms with Crippen LogP contribution >= 0.6 is 0 Å². The molecular formula is C20H23N3O4. The van der Waals surface area contributed by atoms with Crippen molar-refractivity contribution in [2.75, 3.05) is 13.7 Å². The molecule has 0 saturated heterocycles. The van der Waals surface area contributed by atoms with Crippen LogP contribution in [0.1, 0.15) is 40.2 Å². The fourth-order valence-electron chi connectivity index (χ4n) is 3.65. The van der Waals surface area contributed by atoms with Gasteiger partial charge in [0.1, 0.15) is 5.75 Å². The Kier molecular flexibility index (Phi) is 4.59. The zero-order valence-electron chi connectivity index (χ0n) is 15.4. The first-order chi connectivity index (χ1) is 13.1. The highest BCUT2D eigenvalue weighted by atomic mass is 16.5. The average Bonchev–Trinajstić information content (AvgIpc) is 3.47. The molecule has 4 rings (SSSR count). The number of hydrogen-bond donors (Lipinski definition) is 1. The number of aromatic carboxylic acids is 1. The van der Waals surface area contributed by atoms with E-state index < -0.39 is 5.97 Å². The number of nitrogens with zero attached hydrogens (tertiary/aromatic N) is 3. The molecule has 7 nitrogen and oxygen atoms in total. The zero-order valence-corrected chi connectivity index (χ0v) is 15.4. The number of amides is 1. The van der Waals surface area contributed by atoms with Crippen LogP contribution in [0.15, 0.2) is 24.3 Å². The van der Waals surface area contributed by atoms with E-state index in [-0.39, 0.29) is 17.5 Å². The van der Waals surface area contributed by atoms with E-state index in [9.17, 15) is 14.7 Å². The monoisotopic (exact) mass is 369 g/mol. The summed E-state index contributed by atoms with van der Waals surface area (Å²) in [4.78, 5) is 25.8. The van der Waals surface area contributed by atoms with Crippen molar-refractivity contribution in [3.8, 4) is 5.75 Å². The molecule has 0 bridgehead atoms. The number of aromatic nitrogens is 2. The van der Waals surface area contributed by atoms with Gasteiger partial charge in [-0.3, -0.25) is 9.48 Å². The van der Waals surface area contributed by atoms with Crippen molar-refractivity contribution in [2.24, 2.45) is 5.92 Å². The Balaban J connectivity index is 1.52. The number of methoxy groups -OCH3 is 1. The number of benzene rings is 1. The van der Waals surface area contributed by atoms with Crippen LogP contribution < -0.4 is 4.74 Å². The van der Waals surface area contributed by atoms with E-state index in [4.69, 9.17) is 4.74 Å². The molecule has 0 radical (unpaired) electrons. The van der Waals surface area contributed by atoms with Crippen LogP contribution in [0, 0.1) is 5.92 Å². The predicted molar refractivity (Wildman–Crippen MR) is 97.7 cm³/mol. The third-order valence-corrected chi connectivity index (χ3v) is 5.35. The molecule has 1 amide bonds. The maximum Gasteiger partial charge on any atom is 0.356 e. The largest absolute Gasteiger partial charge is 0.497 e. The van der Waals surface area contributed by atoms with Gasteiger partial charge in [0.2, 0.25) is 5.91 Å². The highest BCUT2D eigenvalue weighted by molar-refractivity contribution is 5.88. The molecule has 1 saturated carbocycles. The lowest BCUT2D eigenvalue weighted by Gasteiger charge is -2.28. The van der Waals surface area contributed by atoms with Crippen LogP contribution in [0.2, 0.25) is 0 Å². The van der Waals surface area contributed by atoms with Gasteiger partial charge in [-0.1, -0.05) is 12.1 Å². The second kappa shape index (κ2) is 7.06. The van der Waals surface area contributed by atoms with Crippen LogP contribution in [0.5, 0.6) is 5.75 Å². The Hall–Kier alpha value is -2.83. The molecule has 142 valence electrons. The molecule has 0 spiro atoms. The van der Waals surface area contributed by atoms with E-state index in [1.165, 1.54) is 0 Å². The molecule has 1 aliphatic carbocycles. The molecule has 2 heterocycles. The van der Waals surface area contributed by atoms with Gasteiger partial charge in [-0.05, 0) is 37.0 Å². The van der Waals surface area contributed by atoms with Gasteiger partial charge >= 0.3 is 5.97 Å². The number of fused-ring (bicyclic) bond motifs is 1. The van der Waals surface area contributed by atoms with Gasteiger partial charge in [-0.25, -0.2) is 4.79 Å². The summed E-state index contributed by atoms with van der Waals surface area (Å²) in [6, 6.07) is 7.84. The second-order valence-electron chi connectivity index (χ2n) is 7.18. The fraction of sp³-hybridized carbons (Fsp3) is 0.450. The molecule has 1 fully saturated rings. The molecular weight excluding hydrogens is 346 g/mol. The standard InChI is InChI=1S/C20H23N3O4/c1-27-15-6-2-13(3-7-15)8-11-23-17-9-10-22(19(24)14-4-5-14)12-16(17)18(21-23)20(25)26/h2-3,6-7,14H,4-5,8-12H2,1H3,(H,25,26). The maximum atomic E-state index is 12.4. The molecule has 1 aliphatic heterocycles. The molecule has 0 unspecified atom stereocenters. The lowest BCUT2D eigenvalue weighted by Crippen LogP contribution is -2.37. The quantitative estimate of drug-likeness (QED) is 0.843. The van der Waals surface area contributed by atoms with Crippen LogP contribution in [-0.2, 0) is 30.7 Å². The van der Waals surface area contributed by atoms with Crippen molar-refractivity contribution in [1.82, 2.24) is 14.7 Å². The summed E-state index contributed by atoms with van der Waals surface area (Å²) >= 11 is 0. The molecule has 1 N–H and O–H groups in total. The van der Waals surface area contributed by atoms with Crippen LogP contribution in [0.3, 0.4) is 0 Å². The zero-order chi connectivity index (χ0) is 19.0. The number of ether oxygens (including phenoxy) is 1. The van der Waals surface area contributed by atoms with E-state index in [2.05, 4.69) is 5.10 Å². The normalized spacial score (nSPS) is 16.1. The summed E-state index contributed by atoms with van der Waals surface area (Å²) in [7, 11) is 1.63. The molecule has 7 heteroatoms. The van der Waals surface area contributed by atoms with E-state index >= 15 is 0 Å². The number of carboxylic acid groups (broad SMARTS) is 1. The average molecular weight is 369 g/mol. The highest BCUT2D eigenvalue weighted by Gasteiger charge is 2.36. The van der Waals surface area contributed by atoms with Gasteiger partial charge in [0, 0.05) is 43.2 Å². The summed E-state index contributed by atoms with van der Waals surface area (Å²) < 4.78 is 6.98. The topological polar surface area (TPSA) is 84.7 Å². The van der Waals surface area contributed by atoms with Gasteiger partial charge in [0.05, 0.1) is 7.11 Å². The highest BCUT2D eigenvalue weighted by Crippen LogP contribution is 2.33. The summed E-state index contributed by atoms with van der Waals surface area (Å²) in [5.41, 5.74) is 2.85. The van der Waals surface area contributed by atoms with Gasteiger partial charge in [-0.15, -0.1) is 0 Å². The van der Waals surface area contributed by atoms with Crippen molar-refractivity contribution in [3.05, 3.63) is 46.8 Å². The van der Waals surface area contributed by atoms with E-state index in [1.807, 2.05) is 28.9 Å². The Morgan fingerprint density at radius 1 is 1.26 bits per heavy atom. The van der Waals surface area contributed by atoms with Gasteiger partial charge in [0.15, 0.2) is 5.69 Å². The summed E-state index contributed by atoms with van der Waals surface area (Å²) in [6.45, 7) is 1.60. The minimum Gasteiger partial charge on any atom is -0.497 e. The SMILES string of the molecule is COc1ccc(CCn2nc(C(=O)O)c3c2CCN(C(=O)C2CC2)C3)cc1. The van der Waals surface area contributed by atoms with Crippen LogP contribution in [0.4, 0.5) is 0 Å². The molecule has 2 aliphatic rings. The second-order valence-corrected chi connectivity index (χ2v) is 7.18. The lowest BCUT2D eigenvalue weighted by molar-refractivity contribution is -0.133. The van der Waals surface area contributed by atoms with Gasteiger partial charge in [-0.2, -0.15) is 5.10 Å². The minimum absolute atomic E-state index is 0.0769. The molecule has 2 aromatic rings.